The number of benzene rings is 1. The average Bonchev–Trinajstić information content (AvgIpc) is 2.67. The third kappa shape index (κ3) is 4.51. The van der Waals surface area contributed by atoms with Gasteiger partial charge in [-0.05, 0) is 48.9 Å². The second-order valence-electron chi connectivity index (χ2n) is 7.19. The minimum atomic E-state index is 0.311. The normalized spacial score (nSPS) is 15.6. The second-order valence-corrected chi connectivity index (χ2v) is 7.19. The van der Waals surface area contributed by atoms with E-state index < -0.39 is 0 Å². The van der Waals surface area contributed by atoms with Crippen molar-refractivity contribution in [3.05, 3.63) is 53.9 Å². The number of aromatic nitrogens is 1. The molecule has 2 N–H and O–H groups in total. The zero-order valence-corrected chi connectivity index (χ0v) is 15.3. The van der Waals surface area contributed by atoms with Crippen LogP contribution in [0.15, 0.2) is 42.5 Å². The van der Waals surface area contributed by atoms with Gasteiger partial charge >= 0.3 is 0 Å². The van der Waals surface area contributed by atoms with Gasteiger partial charge in [0.15, 0.2) is 0 Å². The number of piperidine rings is 1. The third-order valence-electron chi connectivity index (χ3n) is 5.00. The number of rotatable bonds is 6. The lowest BCUT2D eigenvalue weighted by Crippen LogP contribution is -2.35. The van der Waals surface area contributed by atoms with E-state index >= 15 is 0 Å². The monoisotopic (exact) mass is 339 g/mol. The van der Waals surface area contributed by atoms with Crippen LogP contribution in [-0.4, -0.2) is 29.8 Å². The van der Waals surface area contributed by atoms with Crippen LogP contribution in [0.4, 0.5) is 11.4 Å². The zero-order valence-electron chi connectivity index (χ0n) is 15.3. The molecule has 0 aliphatic carbocycles. The Kier molecular flexibility index (Phi) is 5.92. The van der Waals surface area contributed by atoms with Gasteiger partial charge in [0.25, 0.3) is 0 Å². The van der Waals surface area contributed by atoms with Gasteiger partial charge in [0.2, 0.25) is 0 Å². The van der Waals surface area contributed by atoms with E-state index in [1.54, 1.807) is 0 Å². The first-order valence-corrected chi connectivity index (χ1v) is 9.32. The van der Waals surface area contributed by atoms with Gasteiger partial charge in [-0.1, -0.05) is 32.0 Å². The highest BCUT2D eigenvalue weighted by Crippen LogP contribution is 2.30. The molecule has 1 aromatic carbocycles. The number of hydrogen-bond acceptors (Lipinski definition) is 4. The van der Waals surface area contributed by atoms with E-state index in [4.69, 9.17) is 4.98 Å². The molecule has 4 heteroatoms. The summed E-state index contributed by atoms with van der Waals surface area (Å²) < 4.78 is 0. The first-order valence-electron chi connectivity index (χ1n) is 9.32. The average molecular weight is 339 g/mol. The van der Waals surface area contributed by atoms with Crippen molar-refractivity contribution in [3.8, 4) is 0 Å². The van der Waals surface area contributed by atoms with E-state index in [1.165, 1.54) is 5.69 Å². The van der Waals surface area contributed by atoms with Crippen LogP contribution in [-0.2, 0) is 6.54 Å². The summed E-state index contributed by atoms with van der Waals surface area (Å²) in [7, 11) is 0. The fraction of sp³-hybridized carbons (Fsp3) is 0.476. The lowest BCUT2D eigenvalue weighted by molar-refractivity contribution is 0.203. The van der Waals surface area contributed by atoms with Gasteiger partial charge in [-0.15, -0.1) is 0 Å². The molecule has 0 amide bonds. The maximum absolute atomic E-state index is 9.34. The fourth-order valence-corrected chi connectivity index (χ4v) is 3.36. The van der Waals surface area contributed by atoms with Crippen LogP contribution in [0.25, 0.3) is 0 Å². The largest absolute Gasteiger partial charge is 0.396 e. The molecule has 0 spiro atoms. The molecule has 1 aliphatic heterocycles. The number of aliphatic hydroxyl groups is 1. The van der Waals surface area contributed by atoms with Gasteiger partial charge in [0.05, 0.1) is 23.6 Å². The van der Waals surface area contributed by atoms with E-state index in [1.807, 2.05) is 0 Å². The molecule has 0 bridgehead atoms. The van der Waals surface area contributed by atoms with Gasteiger partial charge < -0.3 is 15.3 Å². The molecule has 25 heavy (non-hydrogen) atoms. The Labute approximate surface area is 150 Å². The van der Waals surface area contributed by atoms with Crippen molar-refractivity contribution in [3.63, 3.8) is 0 Å². The molecule has 1 aromatic heterocycles. The van der Waals surface area contributed by atoms with E-state index in [-0.39, 0.29) is 0 Å². The molecule has 0 atom stereocenters. The smallest absolute Gasteiger partial charge is 0.0602 e. The Morgan fingerprint density at radius 1 is 1.12 bits per heavy atom. The first kappa shape index (κ1) is 17.7. The topological polar surface area (TPSA) is 48.4 Å². The highest BCUT2D eigenvalue weighted by atomic mass is 16.3. The molecule has 3 rings (SSSR count). The lowest BCUT2D eigenvalue weighted by Gasteiger charge is -2.34. The van der Waals surface area contributed by atoms with E-state index in [9.17, 15) is 5.11 Å². The van der Waals surface area contributed by atoms with E-state index in [0.29, 0.717) is 18.4 Å². The molecule has 0 radical (unpaired) electrons. The van der Waals surface area contributed by atoms with Gasteiger partial charge in [-0.3, -0.25) is 4.98 Å². The molecule has 2 aromatic rings. The molecule has 0 saturated carbocycles. The predicted octanol–water partition coefficient (Wildman–Crippen LogP) is 4.03. The molecular weight excluding hydrogens is 310 g/mol. The van der Waals surface area contributed by atoms with Gasteiger partial charge in [-0.25, -0.2) is 0 Å². The fourth-order valence-electron chi connectivity index (χ4n) is 3.36. The van der Waals surface area contributed by atoms with Crippen molar-refractivity contribution in [2.75, 3.05) is 29.9 Å². The van der Waals surface area contributed by atoms with Gasteiger partial charge in [-0.2, -0.15) is 0 Å². The minimum Gasteiger partial charge on any atom is -0.396 e. The van der Waals surface area contributed by atoms with Gasteiger partial charge in [0.1, 0.15) is 0 Å². The number of hydrogen-bond donors (Lipinski definition) is 2. The predicted molar refractivity (Wildman–Crippen MR) is 104 cm³/mol. The Balaban J connectivity index is 1.68. The number of anilines is 2. The van der Waals surface area contributed by atoms with Crippen molar-refractivity contribution in [1.82, 2.24) is 4.98 Å². The summed E-state index contributed by atoms with van der Waals surface area (Å²) in [5, 5.41) is 12.9. The third-order valence-corrected chi connectivity index (χ3v) is 5.00. The van der Waals surface area contributed by atoms with Crippen LogP contribution in [0, 0.1) is 5.92 Å². The molecule has 4 nitrogen and oxygen atoms in total. The molecule has 134 valence electrons. The standard InChI is InChI=1S/C21H29N3O/c1-16(2)19-8-5-6-18(23-19)14-22-20-7-3-4-9-21(20)24-12-10-17(15-25)11-13-24/h3-9,16-17,22,25H,10-15H2,1-2H3. The number of para-hydroxylation sites is 2. The zero-order chi connectivity index (χ0) is 17.6. The maximum Gasteiger partial charge on any atom is 0.0602 e. The summed E-state index contributed by atoms with van der Waals surface area (Å²) in [4.78, 5) is 7.17. The van der Waals surface area contributed by atoms with Crippen LogP contribution in [0.3, 0.4) is 0 Å². The number of nitrogens with one attached hydrogen (secondary N) is 1. The summed E-state index contributed by atoms with van der Waals surface area (Å²) in [6, 6.07) is 14.7. The summed E-state index contributed by atoms with van der Waals surface area (Å²) in [6.07, 6.45) is 2.12. The van der Waals surface area contributed by atoms with Crippen molar-refractivity contribution in [2.45, 2.75) is 39.2 Å². The van der Waals surface area contributed by atoms with E-state index in [0.717, 1.165) is 49.6 Å². The van der Waals surface area contributed by atoms with Gasteiger partial charge in [0, 0.05) is 25.4 Å². The second kappa shape index (κ2) is 8.34. The van der Waals surface area contributed by atoms with Crippen LogP contribution in [0.5, 0.6) is 0 Å². The van der Waals surface area contributed by atoms with Crippen molar-refractivity contribution >= 4 is 11.4 Å². The van der Waals surface area contributed by atoms with Crippen LogP contribution in [0.2, 0.25) is 0 Å². The minimum absolute atomic E-state index is 0.311. The molecule has 0 unspecified atom stereocenters. The van der Waals surface area contributed by atoms with Crippen LogP contribution < -0.4 is 10.2 Å². The summed E-state index contributed by atoms with van der Waals surface area (Å²) in [6.45, 7) is 7.39. The van der Waals surface area contributed by atoms with Crippen molar-refractivity contribution in [1.29, 1.82) is 0 Å². The van der Waals surface area contributed by atoms with Crippen LogP contribution in [0.1, 0.15) is 44.0 Å². The Morgan fingerprint density at radius 2 is 1.88 bits per heavy atom. The molecule has 1 fully saturated rings. The van der Waals surface area contributed by atoms with E-state index in [2.05, 4.69) is 66.5 Å². The Bertz CT molecular complexity index is 678. The molecular formula is C21H29N3O. The first-order chi connectivity index (χ1) is 12.2. The quantitative estimate of drug-likeness (QED) is 0.834. The highest BCUT2D eigenvalue weighted by Gasteiger charge is 2.20. The highest BCUT2D eigenvalue weighted by molar-refractivity contribution is 5.70. The molecule has 1 saturated heterocycles. The van der Waals surface area contributed by atoms with Crippen LogP contribution >= 0.6 is 0 Å². The van der Waals surface area contributed by atoms with Crippen molar-refractivity contribution < 1.29 is 5.11 Å². The summed E-state index contributed by atoms with van der Waals surface area (Å²) >= 11 is 0. The SMILES string of the molecule is CC(C)c1cccc(CNc2ccccc2N2CCC(CO)CC2)n1. The Morgan fingerprint density at radius 3 is 2.60 bits per heavy atom. The lowest BCUT2D eigenvalue weighted by atomic mass is 9.97. The Hall–Kier alpha value is -2.07. The van der Waals surface area contributed by atoms with Crippen molar-refractivity contribution in [2.24, 2.45) is 5.92 Å². The maximum atomic E-state index is 9.34. The number of pyridine rings is 1. The summed E-state index contributed by atoms with van der Waals surface area (Å²) in [5.41, 5.74) is 4.61. The number of nitrogens with zero attached hydrogens (tertiary/aromatic N) is 2. The number of aliphatic hydroxyl groups excluding tert-OH is 1. The summed E-state index contributed by atoms with van der Waals surface area (Å²) in [5.74, 6) is 0.902. The molecule has 1 aliphatic rings. The molecule has 2 heterocycles.